The van der Waals surface area contributed by atoms with E-state index in [0.29, 0.717) is 5.56 Å². The lowest BCUT2D eigenvalue weighted by molar-refractivity contribution is 0.0933. The van der Waals surface area contributed by atoms with Crippen LogP contribution in [0.25, 0.3) is 16.0 Å². The van der Waals surface area contributed by atoms with Crippen LogP contribution in [0, 0.1) is 0 Å². The van der Waals surface area contributed by atoms with Crippen LogP contribution in [0.2, 0.25) is 0 Å². The molecule has 160 valence electrons. The molecule has 1 N–H and O–H groups in total. The number of nitrogens with one attached hydrogen (secondary N) is 1. The lowest BCUT2D eigenvalue weighted by Gasteiger charge is -2.19. The van der Waals surface area contributed by atoms with Crippen LogP contribution in [0.5, 0.6) is 0 Å². The normalized spacial score (nSPS) is 14.1. The summed E-state index contributed by atoms with van der Waals surface area (Å²) in [6.45, 7) is 0. The van der Waals surface area contributed by atoms with Crippen molar-refractivity contribution in [2.45, 2.75) is 31.7 Å². The topological polar surface area (TPSA) is 90.5 Å². The maximum atomic E-state index is 13.6. The maximum absolute atomic E-state index is 13.6. The first-order valence-corrected chi connectivity index (χ1v) is 12.5. The number of para-hydroxylation sites is 2. The Morgan fingerprint density at radius 1 is 1.32 bits per heavy atom. The molecule has 0 fully saturated rings. The third kappa shape index (κ3) is 3.63. The number of thioether (sulfide) groups is 1. The summed E-state index contributed by atoms with van der Waals surface area (Å²) in [6, 6.07) is 7.88. The molecule has 3 heterocycles. The molecule has 8 nitrogen and oxygen atoms in total. The van der Waals surface area contributed by atoms with Gasteiger partial charge in [-0.3, -0.25) is 4.79 Å². The van der Waals surface area contributed by atoms with Crippen molar-refractivity contribution in [3.8, 4) is 5.00 Å². The average Bonchev–Trinajstić information content (AvgIpc) is 3.54. The van der Waals surface area contributed by atoms with Crippen molar-refractivity contribution < 1.29 is 4.79 Å². The van der Waals surface area contributed by atoms with E-state index in [0.717, 1.165) is 58.9 Å². The fourth-order valence-corrected chi connectivity index (χ4v) is 6.02. The van der Waals surface area contributed by atoms with Crippen LogP contribution in [-0.2, 0) is 19.9 Å². The lowest BCUT2D eigenvalue weighted by atomic mass is 10.1. The summed E-state index contributed by atoms with van der Waals surface area (Å²) < 4.78 is 3.69. The van der Waals surface area contributed by atoms with E-state index in [9.17, 15) is 4.79 Å². The van der Waals surface area contributed by atoms with E-state index in [4.69, 9.17) is 4.98 Å². The van der Waals surface area contributed by atoms with Crippen LogP contribution in [0.3, 0.4) is 0 Å². The van der Waals surface area contributed by atoms with Gasteiger partial charge in [0.1, 0.15) is 17.2 Å². The highest BCUT2D eigenvalue weighted by molar-refractivity contribution is 7.98. The Balaban J connectivity index is 1.52. The molecule has 4 aromatic rings. The zero-order valence-corrected chi connectivity index (χ0v) is 19.0. The van der Waals surface area contributed by atoms with Crippen LogP contribution in [0.1, 0.15) is 45.5 Å². The van der Waals surface area contributed by atoms with Gasteiger partial charge in [-0.1, -0.05) is 12.1 Å². The van der Waals surface area contributed by atoms with E-state index < -0.39 is 0 Å². The van der Waals surface area contributed by atoms with Crippen molar-refractivity contribution in [2.75, 3.05) is 12.0 Å². The van der Waals surface area contributed by atoms with Crippen LogP contribution >= 0.6 is 23.1 Å². The molecule has 1 aliphatic rings. The number of carbonyl (C=O) groups excluding carboxylic acids is 1. The standard InChI is InChI=1S/C21H23N7OS2/c1-27-16-8-4-3-7-14(16)23-19(27)15(10-11-30-2)24-20(29)18-13-6-5-9-17(13)31-21(18)28-12-22-25-26-28/h3-4,7-8,12,15H,5-6,9-11H2,1-2H3,(H,24,29)/t15-/m1/s1. The van der Waals surface area contributed by atoms with Gasteiger partial charge in [0.25, 0.3) is 5.91 Å². The van der Waals surface area contributed by atoms with Gasteiger partial charge in [0.15, 0.2) is 0 Å². The third-order valence-electron chi connectivity index (χ3n) is 5.74. The quantitative estimate of drug-likeness (QED) is 0.462. The minimum atomic E-state index is -0.184. The molecule has 0 radical (unpaired) electrons. The van der Waals surface area contributed by atoms with E-state index in [1.807, 2.05) is 25.2 Å². The number of benzene rings is 1. The van der Waals surface area contributed by atoms with Crippen LogP contribution in [0.15, 0.2) is 30.6 Å². The van der Waals surface area contributed by atoms with E-state index in [1.165, 1.54) is 4.88 Å². The molecule has 31 heavy (non-hydrogen) atoms. The van der Waals surface area contributed by atoms with E-state index in [-0.39, 0.29) is 11.9 Å². The molecule has 0 spiro atoms. The zero-order valence-electron chi connectivity index (χ0n) is 17.4. The second-order valence-electron chi connectivity index (χ2n) is 7.62. The lowest BCUT2D eigenvalue weighted by Crippen LogP contribution is -2.31. The van der Waals surface area contributed by atoms with Gasteiger partial charge in [-0.15, -0.1) is 16.4 Å². The van der Waals surface area contributed by atoms with Crippen molar-refractivity contribution in [3.05, 3.63) is 52.4 Å². The molecule has 10 heteroatoms. The van der Waals surface area contributed by atoms with Crippen LogP contribution < -0.4 is 5.32 Å². The Labute approximate surface area is 188 Å². The Morgan fingerprint density at radius 2 is 2.19 bits per heavy atom. The number of tetrazole rings is 1. The second kappa shape index (κ2) is 8.43. The Morgan fingerprint density at radius 3 is 2.97 bits per heavy atom. The fourth-order valence-electron chi connectivity index (χ4n) is 4.25. The zero-order chi connectivity index (χ0) is 21.4. The predicted octanol–water partition coefficient (Wildman–Crippen LogP) is 3.32. The minimum absolute atomic E-state index is 0.0805. The number of carbonyl (C=O) groups is 1. The molecule has 1 aliphatic carbocycles. The molecule has 0 bridgehead atoms. The molecule has 0 saturated carbocycles. The third-order valence-corrected chi connectivity index (χ3v) is 7.66. The van der Waals surface area contributed by atoms with Gasteiger partial charge in [0.05, 0.1) is 22.6 Å². The SMILES string of the molecule is CSCC[C@@H](NC(=O)c1c(-n2cnnn2)sc2c1CCC2)c1nc2ccccc2n1C. The number of amides is 1. The van der Waals surface area contributed by atoms with Crippen LogP contribution in [0.4, 0.5) is 0 Å². The maximum Gasteiger partial charge on any atom is 0.255 e. The van der Waals surface area contributed by atoms with E-state index in [1.54, 1.807) is 34.1 Å². The summed E-state index contributed by atoms with van der Waals surface area (Å²) in [6.07, 6.45) is 7.43. The Bertz CT molecular complexity index is 1230. The molecule has 0 saturated heterocycles. The second-order valence-corrected chi connectivity index (χ2v) is 9.69. The number of hydrogen-bond donors (Lipinski definition) is 1. The molecule has 0 aliphatic heterocycles. The first kappa shape index (κ1) is 20.2. The van der Waals surface area contributed by atoms with Crippen molar-refractivity contribution in [1.82, 2.24) is 35.1 Å². The first-order chi connectivity index (χ1) is 15.2. The summed E-state index contributed by atoms with van der Waals surface area (Å²) >= 11 is 3.38. The minimum Gasteiger partial charge on any atom is -0.342 e. The number of imidazole rings is 1. The Hall–Kier alpha value is -2.72. The Kier molecular flexibility index (Phi) is 5.49. The molecule has 3 aromatic heterocycles. The summed E-state index contributed by atoms with van der Waals surface area (Å²) in [5.41, 5.74) is 3.85. The number of aryl methyl sites for hydroxylation is 2. The summed E-state index contributed by atoms with van der Waals surface area (Å²) in [4.78, 5) is 19.7. The van der Waals surface area contributed by atoms with Crippen molar-refractivity contribution in [3.63, 3.8) is 0 Å². The van der Waals surface area contributed by atoms with E-state index >= 15 is 0 Å². The number of aromatic nitrogens is 6. The van der Waals surface area contributed by atoms with Gasteiger partial charge >= 0.3 is 0 Å². The molecular weight excluding hydrogens is 430 g/mol. The summed E-state index contributed by atoms with van der Waals surface area (Å²) in [5.74, 6) is 1.72. The van der Waals surface area contributed by atoms with Gasteiger partial charge in [0.2, 0.25) is 0 Å². The molecule has 1 aromatic carbocycles. The monoisotopic (exact) mass is 453 g/mol. The summed E-state index contributed by atoms with van der Waals surface area (Å²) in [7, 11) is 2.01. The molecule has 5 rings (SSSR count). The molecule has 0 unspecified atom stereocenters. The highest BCUT2D eigenvalue weighted by Crippen LogP contribution is 2.37. The predicted molar refractivity (Wildman–Crippen MR) is 123 cm³/mol. The largest absolute Gasteiger partial charge is 0.342 e. The average molecular weight is 454 g/mol. The molecular formula is C21H23N7OS2. The van der Waals surface area contributed by atoms with Gasteiger partial charge in [-0.05, 0) is 65.8 Å². The van der Waals surface area contributed by atoms with Gasteiger partial charge in [0, 0.05) is 11.9 Å². The fraction of sp³-hybridized carbons (Fsp3) is 0.381. The van der Waals surface area contributed by atoms with Gasteiger partial charge in [-0.25, -0.2) is 4.98 Å². The highest BCUT2D eigenvalue weighted by Gasteiger charge is 2.30. The number of nitrogens with zero attached hydrogens (tertiary/aromatic N) is 6. The van der Waals surface area contributed by atoms with Gasteiger partial charge in [-0.2, -0.15) is 16.4 Å². The number of hydrogen-bond acceptors (Lipinski definition) is 7. The molecule has 1 atom stereocenters. The van der Waals surface area contributed by atoms with Crippen molar-refractivity contribution in [2.24, 2.45) is 7.05 Å². The van der Waals surface area contributed by atoms with Gasteiger partial charge < -0.3 is 9.88 Å². The van der Waals surface area contributed by atoms with Crippen molar-refractivity contribution >= 4 is 40.0 Å². The first-order valence-electron chi connectivity index (χ1n) is 10.3. The van der Waals surface area contributed by atoms with Crippen LogP contribution in [-0.4, -0.2) is 47.7 Å². The number of fused-ring (bicyclic) bond motifs is 2. The number of rotatable bonds is 7. The smallest absolute Gasteiger partial charge is 0.255 e. The highest BCUT2D eigenvalue weighted by atomic mass is 32.2. The summed E-state index contributed by atoms with van der Waals surface area (Å²) in [5, 5.41) is 15.6. The van der Waals surface area contributed by atoms with Crippen molar-refractivity contribution in [1.29, 1.82) is 0 Å². The molecule has 1 amide bonds. The number of thiophene rings is 1. The van der Waals surface area contributed by atoms with E-state index in [2.05, 4.69) is 37.7 Å².